The van der Waals surface area contributed by atoms with Crippen LogP contribution in [0.3, 0.4) is 0 Å². The van der Waals surface area contributed by atoms with Gasteiger partial charge in [-0.15, -0.1) is 0 Å². The van der Waals surface area contributed by atoms with Crippen molar-refractivity contribution >= 4 is 23.0 Å². The summed E-state index contributed by atoms with van der Waals surface area (Å²) in [5.74, 6) is 0.774. The molecule has 2 bridgehead atoms. The summed E-state index contributed by atoms with van der Waals surface area (Å²) >= 11 is 0. The maximum absolute atomic E-state index is 12.6. The van der Waals surface area contributed by atoms with E-state index in [1.54, 1.807) is 23.1 Å². The Kier molecular flexibility index (Phi) is 5.60. The molecule has 4 aliphatic heterocycles. The summed E-state index contributed by atoms with van der Waals surface area (Å²) < 4.78 is 12.8. The van der Waals surface area contributed by atoms with Crippen LogP contribution in [0, 0.1) is 11.3 Å². The first-order chi connectivity index (χ1) is 17.8. The molecule has 7 rings (SSSR count). The Hall–Kier alpha value is -3.97. The minimum absolute atomic E-state index is 0.115. The Bertz CT molecular complexity index is 1420. The van der Waals surface area contributed by atoms with Gasteiger partial charge in [0.2, 0.25) is 0 Å². The van der Waals surface area contributed by atoms with Gasteiger partial charge < -0.3 is 14.4 Å². The number of ether oxygens (including phenoxy) is 2. The smallest absolute Gasteiger partial charge is 0.410 e. The van der Waals surface area contributed by atoms with Crippen LogP contribution < -0.4 is 4.90 Å². The van der Waals surface area contributed by atoms with E-state index in [0.717, 1.165) is 29.8 Å². The molecule has 2 atom stereocenters. The highest BCUT2D eigenvalue weighted by molar-refractivity contribution is 5.85. The van der Waals surface area contributed by atoms with Gasteiger partial charge in [-0.3, -0.25) is 9.88 Å². The molecule has 10 nitrogen and oxygen atoms in total. The molecular formula is C27H29N7O3. The normalized spacial score (nSPS) is 21.3. The number of amides is 1. The van der Waals surface area contributed by atoms with Gasteiger partial charge in [-0.05, 0) is 50.8 Å². The van der Waals surface area contributed by atoms with E-state index in [4.69, 9.17) is 19.4 Å². The van der Waals surface area contributed by atoms with Crippen LogP contribution in [0.25, 0.3) is 22.3 Å². The number of fused-ring (bicyclic) bond motifs is 3. The highest BCUT2D eigenvalue weighted by Gasteiger charge is 2.49. The van der Waals surface area contributed by atoms with Gasteiger partial charge in [0.25, 0.3) is 0 Å². The van der Waals surface area contributed by atoms with Crippen molar-refractivity contribution in [1.29, 1.82) is 5.26 Å². The zero-order valence-corrected chi connectivity index (χ0v) is 21.2. The molecule has 0 aliphatic carbocycles. The van der Waals surface area contributed by atoms with Crippen LogP contribution in [0.2, 0.25) is 0 Å². The Balaban J connectivity index is 1.26. The van der Waals surface area contributed by atoms with E-state index >= 15 is 0 Å². The van der Waals surface area contributed by atoms with Crippen LogP contribution in [0.1, 0.15) is 44.7 Å². The van der Waals surface area contributed by atoms with Crippen molar-refractivity contribution in [2.45, 2.75) is 51.3 Å². The van der Waals surface area contributed by atoms with E-state index in [-0.39, 0.29) is 18.2 Å². The fourth-order valence-corrected chi connectivity index (χ4v) is 5.40. The lowest BCUT2D eigenvalue weighted by molar-refractivity contribution is -0.0380. The van der Waals surface area contributed by atoms with Gasteiger partial charge in [-0.25, -0.2) is 14.3 Å². The number of nitrogens with zero attached hydrogens (tertiary/aromatic N) is 7. The van der Waals surface area contributed by atoms with E-state index in [2.05, 4.69) is 28.2 Å². The minimum atomic E-state index is -0.507. The standard InChI is InChI=1S/C27H29N7O3/c1-27(2,3)37-26(35)34-20-9-21(34)16-32(15-20)24-13-29-23(12-30-24)22-8-18(17-4-6-36-7-5-17)14-33-25(22)19(10-28)11-31-33/h4,8,11-14,20-21H,5-7,9,15-16H2,1-3H3. The summed E-state index contributed by atoms with van der Waals surface area (Å²) in [4.78, 5) is 26.1. The van der Waals surface area contributed by atoms with E-state index < -0.39 is 5.60 Å². The number of hydrogen-bond donors (Lipinski definition) is 0. The Labute approximate surface area is 215 Å². The zero-order chi connectivity index (χ0) is 25.7. The summed E-state index contributed by atoms with van der Waals surface area (Å²) in [6.07, 6.45) is 10.7. The highest BCUT2D eigenvalue weighted by Crippen LogP contribution is 2.36. The van der Waals surface area contributed by atoms with Crippen molar-refractivity contribution in [2.75, 3.05) is 31.2 Å². The number of carbonyl (C=O) groups excluding carboxylic acids is 1. The third-order valence-electron chi connectivity index (χ3n) is 7.10. The predicted molar refractivity (Wildman–Crippen MR) is 137 cm³/mol. The Morgan fingerprint density at radius 3 is 2.65 bits per heavy atom. The molecule has 190 valence electrons. The SMILES string of the molecule is CC(C)(C)OC(=O)N1C2CC1CN(c1cnc(-c3cc(C4=CCOCC4)cn4ncc(C#N)c34)cn1)C2. The predicted octanol–water partition coefficient (Wildman–Crippen LogP) is 3.66. The maximum atomic E-state index is 12.6. The number of pyridine rings is 1. The van der Waals surface area contributed by atoms with Crippen LogP contribution in [-0.2, 0) is 9.47 Å². The number of piperidine rings is 1. The minimum Gasteiger partial charge on any atom is -0.444 e. The van der Waals surface area contributed by atoms with Gasteiger partial charge in [0.05, 0.1) is 60.7 Å². The van der Waals surface area contributed by atoms with Crippen LogP contribution in [0.15, 0.2) is 36.9 Å². The van der Waals surface area contributed by atoms with Crippen LogP contribution >= 0.6 is 0 Å². The average Bonchev–Trinajstić information content (AvgIpc) is 3.31. The molecule has 7 heterocycles. The summed E-state index contributed by atoms with van der Waals surface area (Å²) in [6, 6.07) is 4.54. The second-order valence-electron chi connectivity index (χ2n) is 10.8. The topological polar surface area (TPSA) is 109 Å². The molecule has 0 spiro atoms. The molecule has 0 N–H and O–H groups in total. The lowest BCUT2D eigenvalue weighted by Gasteiger charge is -2.55. The summed E-state index contributed by atoms with van der Waals surface area (Å²) in [5.41, 5.74) is 4.42. The van der Waals surface area contributed by atoms with E-state index in [1.807, 2.05) is 31.9 Å². The van der Waals surface area contributed by atoms with E-state index in [1.165, 1.54) is 5.57 Å². The van der Waals surface area contributed by atoms with E-state index in [9.17, 15) is 10.1 Å². The van der Waals surface area contributed by atoms with Gasteiger partial charge in [0, 0.05) is 24.8 Å². The molecule has 10 heteroatoms. The number of anilines is 1. The van der Waals surface area contributed by atoms with Crippen molar-refractivity contribution in [3.63, 3.8) is 0 Å². The zero-order valence-electron chi connectivity index (χ0n) is 21.2. The monoisotopic (exact) mass is 499 g/mol. The van der Waals surface area contributed by atoms with E-state index in [0.29, 0.717) is 43.1 Å². The third-order valence-corrected chi connectivity index (χ3v) is 7.10. The number of aromatic nitrogens is 4. The molecular weight excluding hydrogens is 470 g/mol. The molecule has 3 fully saturated rings. The Morgan fingerprint density at radius 2 is 2.00 bits per heavy atom. The fourth-order valence-electron chi connectivity index (χ4n) is 5.40. The van der Waals surface area contributed by atoms with Crippen molar-refractivity contribution in [1.82, 2.24) is 24.5 Å². The summed E-state index contributed by atoms with van der Waals surface area (Å²) in [7, 11) is 0. The second kappa shape index (κ2) is 8.85. The summed E-state index contributed by atoms with van der Waals surface area (Å²) in [6.45, 7) is 8.32. The number of rotatable bonds is 3. The van der Waals surface area contributed by atoms with Crippen molar-refractivity contribution in [3.8, 4) is 17.3 Å². The first kappa shape index (κ1) is 23.4. The molecule has 1 amide bonds. The molecule has 0 radical (unpaired) electrons. The molecule has 4 aliphatic rings. The van der Waals surface area contributed by atoms with Gasteiger partial charge in [-0.2, -0.15) is 10.4 Å². The highest BCUT2D eigenvalue weighted by atomic mass is 16.6. The van der Waals surface area contributed by atoms with Crippen molar-refractivity contribution < 1.29 is 14.3 Å². The number of hydrogen-bond acceptors (Lipinski definition) is 8. The number of nitriles is 1. The van der Waals surface area contributed by atoms with Gasteiger partial charge in [0.15, 0.2) is 0 Å². The lowest BCUT2D eigenvalue weighted by Crippen LogP contribution is -2.70. The third kappa shape index (κ3) is 4.29. The average molecular weight is 500 g/mol. The number of carbonyl (C=O) groups is 1. The van der Waals surface area contributed by atoms with Crippen LogP contribution in [-0.4, -0.2) is 74.6 Å². The van der Waals surface area contributed by atoms with Crippen molar-refractivity contribution in [2.24, 2.45) is 0 Å². The lowest BCUT2D eigenvalue weighted by atomic mass is 9.88. The summed E-state index contributed by atoms with van der Waals surface area (Å²) in [5, 5.41) is 14.1. The number of piperazine rings is 1. The first-order valence-corrected chi connectivity index (χ1v) is 12.6. The molecule has 3 saturated heterocycles. The Morgan fingerprint density at radius 1 is 1.19 bits per heavy atom. The largest absolute Gasteiger partial charge is 0.444 e. The molecule has 0 aromatic carbocycles. The fraction of sp³-hybridized carbons (Fsp3) is 0.444. The molecule has 37 heavy (non-hydrogen) atoms. The van der Waals surface area contributed by atoms with Gasteiger partial charge in [-0.1, -0.05) is 6.08 Å². The van der Waals surface area contributed by atoms with Crippen LogP contribution in [0.4, 0.5) is 10.6 Å². The molecule has 2 unspecified atom stereocenters. The van der Waals surface area contributed by atoms with Crippen LogP contribution in [0.5, 0.6) is 0 Å². The maximum Gasteiger partial charge on any atom is 0.410 e. The first-order valence-electron chi connectivity index (χ1n) is 12.6. The second-order valence-corrected chi connectivity index (χ2v) is 10.8. The van der Waals surface area contributed by atoms with Crippen molar-refractivity contribution in [3.05, 3.63) is 48.1 Å². The quantitative estimate of drug-likeness (QED) is 0.537. The van der Waals surface area contributed by atoms with Gasteiger partial charge in [0.1, 0.15) is 17.5 Å². The molecule has 0 saturated carbocycles. The van der Waals surface area contributed by atoms with Gasteiger partial charge >= 0.3 is 6.09 Å². The molecule has 3 aromatic heterocycles. The molecule has 3 aromatic rings.